The lowest BCUT2D eigenvalue weighted by Gasteiger charge is -2.09. The second kappa shape index (κ2) is 8.53. The first-order valence-electron chi connectivity index (χ1n) is 7.94. The van der Waals surface area contributed by atoms with Gasteiger partial charge in [0.2, 0.25) is 5.91 Å². The second-order valence-electron chi connectivity index (χ2n) is 5.33. The summed E-state index contributed by atoms with van der Waals surface area (Å²) in [5.74, 6) is 0.793. The molecule has 2 aromatic carbocycles. The molecule has 0 spiro atoms. The summed E-state index contributed by atoms with van der Waals surface area (Å²) in [6.45, 7) is 1.59. The van der Waals surface area contributed by atoms with Crippen LogP contribution in [0.3, 0.4) is 0 Å². The zero-order valence-electron chi connectivity index (χ0n) is 14.9. The van der Waals surface area contributed by atoms with Crippen LogP contribution in [0.15, 0.2) is 53.4 Å². The Kier molecular flexibility index (Phi) is 6.41. The van der Waals surface area contributed by atoms with Gasteiger partial charge in [0.05, 0.1) is 24.9 Å². The number of carbonyl (C=O) groups excluding carboxylic acids is 1. The zero-order chi connectivity index (χ0) is 19.2. The molecule has 0 unspecified atom stereocenters. The number of anilines is 1. The number of hydrogen-bond donors (Lipinski definition) is 1. The van der Waals surface area contributed by atoms with E-state index in [1.165, 1.54) is 25.3 Å². The number of para-hydroxylation sites is 1. The molecule has 0 aromatic heterocycles. The minimum Gasteiger partial charge on any atom is -0.493 e. The summed E-state index contributed by atoms with van der Waals surface area (Å²) in [4.78, 5) is 12.3. The van der Waals surface area contributed by atoms with Crippen LogP contribution < -0.4 is 14.8 Å². The third kappa shape index (κ3) is 4.64. The van der Waals surface area contributed by atoms with Gasteiger partial charge in [0.1, 0.15) is 0 Å². The minimum atomic E-state index is -3.26. The fourth-order valence-corrected chi connectivity index (χ4v) is 3.19. The van der Waals surface area contributed by atoms with Crippen molar-refractivity contribution < 1.29 is 22.7 Å². The fraction of sp³-hybridized carbons (Fsp3) is 0.211. The van der Waals surface area contributed by atoms with Gasteiger partial charge in [0.15, 0.2) is 21.3 Å². The number of amides is 1. The molecule has 0 aliphatic heterocycles. The highest BCUT2D eigenvalue weighted by Crippen LogP contribution is 2.31. The Labute approximate surface area is 153 Å². The van der Waals surface area contributed by atoms with Gasteiger partial charge < -0.3 is 14.8 Å². The van der Waals surface area contributed by atoms with E-state index in [0.29, 0.717) is 22.7 Å². The van der Waals surface area contributed by atoms with E-state index >= 15 is 0 Å². The van der Waals surface area contributed by atoms with Crippen LogP contribution in [-0.2, 0) is 14.6 Å². The van der Waals surface area contributed by atoms with Crippen molar-refractivity contribution >= 4 is 27.5 Å². The third-order valence-electron chi connectivity index (χ3n) is 3.71. The highest BCUT2D eigenvalue weighted by molar-refractivity contribution is 7.91. The molecule has 138 valence electrons. The van der Waals surface area contributed by atoms with Gasteiger partial charge in [-0.15, -0.1) is 0 Å². The molecule has 0 bridgehead atoms. The predicted molar refractivity (Wildman–Crippen MR) is 101 cm³/mol. The van der Waals surface area contributed by atoms with Crippen molar-refractivity contribution in [3.8, 4) is 11.5 Å². The predicted octanol–water partition coefficient (Wildman–Crippen LogP) is 3.15. The lowest BCUT2D eigenvalue weighted by Crippen LogP contribution is -2.08. The molecular formula is C19H21NO5S. The molecule has 2 aromatic rings. The van der Waals surface area contributed by atoms with Gasteiger partial charge in [0, 0.05) is 17.3 Å². The van der Waals surface area contributed by atoms with E-state index in [0.717, 1.165) is 0 Å². The smallest absolute Gasteiger partial charge is 0.248 e. The van der Waals surface area contributed by atoms with Gasteiger partial charge in [-0.3, -0.25) is 4.79 Å². The highest BCUT2D eigenvalue weighted by Gasteiger charge is 2.11. The van der Waals surface area contributed by atoms with Gasteiger partial charge in [-0.1, -0.05) is 19.1 Å². The first-order chi connectivity index (χ1) is 12.4. The number of rotatable bonds is 7. The van der Waals surface area contributed by atoms with Crippen LogP contribution in [0.2, 0.25) is 0 Å². The molecule has 6 nitrogen and oxygen atoms in total. The molecule has 1 amide bonds. The summed E-state index contributed by atoms with van der Waals surface area (Å²) in [5, 5.41) is 2.68. The first kappa shape index (κ1) is 19.5. The number of ether oxygens (including phenoxy) is 2. The quantitative estimate of drug-likeness (QED) is 0.752. The summed E-state index contributed by atoms with van der Waals surface area (Å²) in [5.41, 5.74) is 1.21. The molecule has 0 fully saturated rings. The van der Waals surface area contributed by atoms with Crippen molar-refractivity contribution in [2.45, 2.75) is 11.8 Å². The molecular weight excluding hydrogens is 354 g/mol. The van der Waals surface area contributed by atoms with Crippen LogP contribution in [0.1, 0.15) is 12.5 Å². The molecule has 0 radical (unpaired) electrons. The SMILES string of the molecule is CCS(=O)(=O)c1ccc(NC(=O)/C=C/c2cccc(OC)c2OC)cc1. The Morgan fingerprint density at radius 2 is 1.77 bits per heavy atom. The van der Waals surface area contributed by atoms with Gasteiger partial charge >= 0.3 is 0 Å². The largest absolute Gasteiger partial charge is 0.493 e. The van der Waals surface area contributed by atoms with Crippen LogP contribution >= 0.6 is 0 Å². The number of methoxy groups -OCH3 is 2. The van der Waals surface area contributed by atoms with E-state index in [1.807, 2.05) is 0 Å². The maximum absolute atomic E-state index is 12.1. The lowest BCUT2D eigenvalue weighted by molar-refractivity contribution is -0.111. The molecule has 2 rings (SSSR count). The molecule has 0 atom stereocenters. The van der Waals surface area contributed by atoms with Crippen molar-refractivity contribution in [3.63, 3.8) is 0 Å². The van der Waals surface area contributed by atoms with Gasteiger partial charge in [-0.05, 0) is 36.4 Å². The number of benzene rings is 2. The van der Waals surface area contributed by atoms with Crippen LogP contribution in [0.5, 0.6) is 11.5 Å². The maximum Gasteiger partial charge on any atom is 0.248 e. The minimum absolute atomic E-state index is 0.0316. The van der Waals surface area contributed by atoms with Crippen molar-refractivity contribution in [2.75, 3.05) is 25.3 Å². The highest BCUT2D eigenvalue weighted by atomic mass is 32.2. The summed E-state index contributed by atoms with van der Waals surface area (Å²) in [6.07, 6.45) is 2.99. The van der Waals surface area contributed by atoms with Crippen molar-refractivity contribution in [3.05, 3.63) is 54.1 Å². The molecule has 0 aliphatic carbocycles. The number of hydrogen-bond acceptors (Lipinski definition) is 5. The van der Waals surface area contributed by atoms with Crippen LogP contribution in [0.25, 0.3) is 6.08 Å². The Morgan fingerprint density at radius 1 is 1.08 bits per heavy atom. The Hall–Kier alpha value is -2.80. The Balaban J connectivity index is 2.11. The topological polar surface area (TPSA) is 81.7 Å². The molecule has 0 heterocycles. The van der Waals surface area contributed by atoms with Gasteiger partial charge in [-0.25, -0.2) is 8.42 Å². The monoisotopic (exact) mass is 375 g/mol. The van der Waals surface area contributed by atoms with E-state index in [1.54, 1.807) is 50.4 Å². The fourth-order valence-electron chi connectivity index (χ4n) is 2.30. The van der Waals surface area contributed by atoms with Crippen molar-refractivity contribution in [1.29, 1.82) is 0 Å². The zero-order valence-corrected chi connectivity index (χ0v) is 15.7. The third-order valence-corrected chi connectivity index (χ3v) is 5.46. The normalized spacial score (nSPS) is 11.3. The molecule has 0 saturated carbocycles. The van der Waals surface area contributed by atoms with E-state index in [4.69, 9.17) is 9.47 Å². The molecule has 0 aliphatic rings. The summed E-state index contributed by atoms with van der Waals surface area (Å²) in [7, 11) is -0.185. The van der Waals surface area contributed by atoms with Crippen LogP contribution in [0.4, 0.5) is 5.69 Å². The van der Waals surface area contributed by atoms with Crippen molar-refractivity contribution in [2.24, 2.45) is 0 Å². The number of carbonyl (C=O) groups is 1. The standard InChI is InChI=1S/C19H21NO5S/c1-4-26(22,23)16-11-9-15(10-12-16)20-18(21)13-8-14-6-5-7-17(24-2)19(14)25-3/h5-13H,4H2,1-3H3,(H,20,21)/b13-8+. The van der Waals surface area contributed by atoms with E-state index in [9.17, 15) is 13.2 Å². The average Bonchev–Trinajstić information content (AvgIpc) is 2.66. The maximum atomic E-state index is 12.1. The lowest BCUT2D eigenvalue weighted by atomic mass is 10.1. The van der Waals surface area contributed by atoms with E-state index < -0.39 is 9.84 Å². The molecule has 0 saturated heterocycles. The van der Waals surface area contributed by atoms with Crippen molar-refractivity contribution in [1.82, 2.24) is 0 Å². The average molecular weight is 375 g/mol. The van der Waals surface area contributed by atoms with Gasteiger partial charge in [0.25, 0.3) is 0 Å². The first-order valence-corrected chi connectivity index (χ1v) is 9.59. The van der Waals surface area contributed by atoms with Gasteiger partial charge in [-0.2, -0.15) is 0 Å². The van der Waals surface area contributed by atoms with E-state index in [-0.39, 0.29) is 16.6 Å². The van der Waals surface area contributed by atoms with E-state index in [2.05, 4.69) is 5.32 Å². The van der Waals surface area contributed by atoms with Crippen LogP contribution in [0, 0.1) is 0 Å². The molecule has 26 heavy (non-hydrogen) atoms. The summed E-state index contributed by atoms with van der Waals surface area (Å²) < 4.78 is 34.1. The Morgan fingerprint density at radius 3 is 2.35 bits per heavy atom. The van der Waals surface area contributed by atoms with Crippen LogP contribution in [-0.4, -0.2) is 34.3 Å². The number of sulfone groups is 1. The number of nitrogens with one attached hydrogen (secondary N) is 1. The second-order valence-corrected chi connectivity index (χ2v) is 7.61. The molecule has 1 N–H and O–H groups in total. The summed E-state index contributed by atoms with van der Waals surface area (Å²) >= 11 is 0. The molecule has 7 heteroatoms. The Bertz CT molecular complexity index is 902. The summed E-state index contributed by atoms with van der Waals surface area (Å²) in [6, 6.07) is 11.4.